The van der Waals surface area contributed by atoms with Crippen LogP contribution in [0.2, 0.25) is 0 Å². The quantitative estimate of drug-likeness (QED) is 0.545. The van der Waals surface area contributed by atoms with E-state index in [0.29, 0.717) is 24.0 Å². The SMILES string of the molecule is C=C(CN1CCSC(CC)C1)C(=O)OCC. The first-order valence-electron chi connectivity index (χ1n) is 5.86. The summed E-state index contributed by atoms with van der Waals surface area (Å²) in [6.45, 7) is 11.0. The molecule has 0 aliphatic carbocycles. The van der Waals surface area contributed by atoms with Crippen molar-refractivity contribution in [1.29, 1.82) is 0 Å². The number of hydrogen-bond donors (Lipinski definition) is 0. The van der Waals surface area contributed by atoms with Gasteiger partial charge in [0, 0.05) is 36.2 Å². The molecule has 1 saturated heterocycles. The van der Waals surface area contributed by atoms with Gasteiger partial charge in [-0.1, -0.05) is 13.5 Å². The first kappa shape index (κ1) is 13.6. The molecule has 1 fully saturated rings. The summed E-state index contributed by atoms with van der Waals surface area (Å²) in [6.07, 6.45) is 1.19. The van der Waals surface area contributed by atoms with E-state index in [2.05, 4.69) is 18.4 Å². The molecule has 0 aromatic rings. The molecule has 1 rings (SSSR count). The maximum atomic E-state index is 11.4. The molecular formula is C12H21NO2S. The molecule has 1 heterocycles. The molecule has 0 aromatic carbocycles. The zero-order chi connectivity index (χ0) is 12.0. The fraction of sp³-hybridized carbons (Fsp3) is 0.750. The Labute approximate surface area is 102 Å². The molecule has 1 unspecified atom stereocenters. The Hall–Kier alpha value is -0.480. The molecule has 0 bridgehead atoms. The fourth-order valence-corrected chi connectivity index (χ4v) is 2.99. The Morgan fingerprint density at radius 3 is 2.94 bits per heavy atom. The predicted octanol–water partition coefficient (Wildman–Crippen LogP) is 1.93. The topological polar surface area (TPSA) is 29.5 Å². The second-order valence-electron chi connectivity index (χ2n) is 3.96. The van der Waals surface area contributed by atoms with Crippen LogP contribution in [0.5, 0.6) is 0 Å². The summed E-state index contributed by atoms with van der Waals surface area (Å²) in [5.41, 5.74) is 0.573. The Bertz CT molecular complexity index is 255. The van der Waals surface area contributed by atoms with Gasteiger partial charge in [0.05, 0.1) is 6.61 Å². The molecular weight excluding hydrogens is 222 g/mol. The van der Waals surface area contributed by atoms with Crippen LogP contribution >= 0.6 is 11.8 Å². The second-order valence-corrected chi connectivity index (χ2v) is 5.37. The van der Waals surface area contributed by atoms with Crippen molar-refractivity contribution >= 4 is 17.7 Å². The number of esters is 1. The molecule has 92 valence electrons. The summed E-state index contributed by atoms with van der Waals surface area (Å²) in [6, 6.07) is 0. The van der Waals surface area contributed by atoms with Gasteiger partial charge in [-0.2, -0.15) is 11.8 Å². The summed E-state index contributed by atoms with van der Waals surface area (Å²) in [5.74, 6) is 0.892. The number of carbonyl (C=O) groups is 1. The Morgan fingerprint density at radius 2 is 2.31 bits per heavy atom. The van der Waals surface area contributed by atoms with Crippen LogP contribution in [0.1, 0.15) is 20.3 Å². The van der Waals surface area contributed by atoms with Crippen LogP contribution in [0.4, 0.5) is 0 Å². The minimum atomic E-state index is -0.256. The van der Waals surface area contributed by atoms with E-state index < -0.39 is 0 Å². The third kappa shape index (κ3) is 4.18. The largest absolute Gasteiger partial charge is 0.463 e. The number of nitrogens with zero attached hydrogens (tertiary/aromatic N) is 1. The highest BCUT2D eigenvalue weighted by atomic mass is 32.2. The number of rotatable bonds is 5. The maximum absolute atomic E-state index is 11.4. The van der Waals surface area contributed by atoms with Crippen molar-refractivity contribution in [2.24, 2.45) is 0 Å². The molecule has 0 spiro atoms. The van der Waals surface area contributed by atoms with Crippen LogP contribution in [0.25, 0.3) is 0 Å². The minimum absolute atomic E-state index is 0.256. The van der Waals surface area contributed by atoms with E-state index >= 15 is 0 Å². The molecule has 3 nitrogen and oxygen atoms in total. The zero-order valence-electron chi connectivity index (χ0n) is 10.2. The van der Waals surface area contributed by atoms with Crippen molar-refractivity contribution in [1.82, 2.24) is 4.90 Å². The molecule has 16 heavy (non-hydrogen) atoms. The predicted molar refractivity (Wildman–Crippen MR) is 68.8 cm³/mol. The molecule has 0 aromatic heterocycles. The maximum Gasteiger partial charge on any atom is 0.334 e. The van der Waals surface area contributed by atoms with Crippen LogP contribution in [0.3, 0.4) is 0 Å². The molecule has 0 saturated carbocycles. The monoisotopic (exact) mass is 243 g/mol. The van der Waals surface area contributed by atoms with E-state index in [9.17, 15) is 4.79 Å². The lowest BCUT2D eigenvalue weighted by molar-refractivity contribution is -0.138. The molecule has 1 atom stereocenters. The third-order valence-corrected chi connectivity index (χ3v) is 4.03. The summed E-state index contributed by atoms with van der Waals surface area (Å²) < 4.78 is 4.93. The van der Waals surface area contributed by atoms with Gasteiger partial charge in [0.1, 0.15) is 0 Å². The van der Waals surface area contributed by atoms with Crippen molar-refractivity contribution in [3.05, 3.63) is 12.2 Å². The van der Waals surface area contributed by atoms with Crippen LogP contribution in [-0.2, 0) is 9.53 Å². The van der Waals surface area contributed by atoms with E-state index in [1.165, 1.54) is 6.42 Å². The summed E-state index contributed by atoms with van der Waals surface area (Å²) in [4.78, 5) is 13.7. The number of hydrogen-bond acceptors (Lipinski definition) is 4. The highest BCUT2D eigenvalue weighted by Gasteiger charge is 2.21. The number of thioether (sulfide) groups is 1. The molecule has 0 radical (unpaired) electrons. The molecule has 4 heteroatoms. The number of ether oxygens (including phenoxy) is 1. The van der Waals surface area contributed by atoms with E-state index in [0.717, 1.165) is 18.8 Å². The number of carbonyl (C=O) groups excluding carboxylic acids is 1. The first-order chi connectivity index (χ1) is 7.67. The average Bonchev–Trinajstić information content (AvgIpc) is 2.29. The van der Waals surface area contributed by atoms with Gasteiger partial charge in [0.2, 0.25) is 0 Å². The van der Waals surface area contributed by atoms with Gasteiger partial charge in [-0.05, 0) is 13.3 Å². The van der Waals surface area contributed by atoms with Gasteiger partial charge in [0.15, 0.2) is 0 Å². The van der Waals surface area contributed by atoms with Crippen molar-refractivity contribution in [3.8, 4) is 0 Å². The summed E-state index contributed by atoms with van der Waals surface area (Å²) in [7, 11) is 0. The molecule has 1 aliphatic rings. The van der Waals surface area contributed by atoms with Crippen molar-refractivity contribution < 1.29 is 9.53 Å². The lowest BCUT2D eigenvalue weighted by Gasteiger charge is -2.31. The second kappa shape index (κ2) is 6.97. The van der Waals surface area contributed by atoms with Gasteiger partial charge >= 0.3 is 5.97 Å². The highest BCUT2D eigenvalue weighted by molar-refractivity contribution is 8.00. The van der Waals surface area contributed by atoms with E-state index in [-0.39, 0.29) is 5.97 Å². The first-order valence-corrected chi connectivity index (χ1v) is 6.91. The van der Waals surface area contributed by atoms with Gasteiger partial charge < -0.3 is 4.74 Å². The lowest BCUT2D eigenvalue weighted by atomic mass is 10.2. The Morgan fingerprint density at radius 1 is 1.56 bits per heavy atom. The van der Waals surface area contributed by atoms with Gasteiger partial charge in [-0.15, -0.1) is 0 Å². The molecule has 1 aliphatic heterocycles. The summed E-state index contributed by atoms with van der Waals surface area (Å²) >= 11 is 2.03. The molecule has 0 amide bonds. The summed E-state index contributed by atoms with van der Waals surface area (Å²) in [5, 5.41) is 0.698. The smallest absolute Gasteiger partial charge is 0.334 e. The highest BCUT2D eigenvalue weighted by Crippen LogP contribution is 2.21. The van der Waals surface area contributed by atoms with Crippen LogP contribution in [0.15, 0.2) is 12.2 Å². The van der Waals surface area contributed by atoms with E-state index in [4.69, 9.17) is 4.74 Å². The Kier molecular flexibility index (Phi) is 5.91. The lowest BCUT2D eigenvalue weighted by Crippen LogP contribution is -2.39. The van der Waals surface area contributed by atoms with E-state index in [1.807, 2.05) is 18.7 Å². The van der Waals surface area contributed by atoms with Crippen LogP contribution in [0, 0.1) is 0 Å². The average molecular weight is 243 g/mol. The minimum Gasteiger partial charge on any atom is -0.463 e. The van der Waals surface area contributed by atoms with E-state index in [1.54, 1.807) is 0 Å². The fourth-order valence-electron chi connectivity index (χ4n) is 1.74. The standard InChI is InChI=1S/C12H21NO2S/c1-4-11-9-13(6-7-16-11)8-10(3)12(14)15-5-2/h11H,3-9H2,1-2H3. The normalized spacial score (nSPS) is 21.8. The Balaban J connectivity index is 2.35. The van der Waals surface area contributed by atoms with Crippen LogP contribution < -0.4 is 0 Å². The van der Waals surface area contributed by atoms with Crippen molar-refractivity contribution in [2.75, 3.05) is 32.0 Å². The van der Waals surface area contributed by atoms with Crippen molar-refractivity contribution in [3.63, 3.8) is 0 Å². The van der Waals surface area contributed by atoms with Crippen LogP contribution in [-0.4, -0.2) is 48.1 Å². The van der Waals surface area contributed by atoms with Crippen molar-refractivity contribution in [2.45, 2.75) is 25.5 Å². The van der Waals surface area contributed by atoms with Gasteiger partial charge in [0.25, 0.3) is 0 Å². The van der Waals surface area contributed by atoms with Gasteiger partial charge in [-0.3, -0.25) is 4.90 Å². The van der Waals surface area contributed by atoms with Gasteiger partial charge in [-0.25, -0.2) is 4.79 Å². The zero-order valence-corrected chi connectivity index (χ0v) is 11.0. The molecule has 0 N–H and O–H groups in total. The third-order valence-electron chi connectivity index (χ3n) is 2.66.